The third-order valence-corrected chi connectivity index (χ3v) is 12.1. The number of fused-ring (bicyclic) bond motifs is 5. The Bertz CT molecular complexity index is 1260. The van der Waals surface area contributed by atoms with Gasteiger partial charge in [0.25, 0.3) is 0 Å². The average molecular weight is 665 g/mol. The number of hydrogen-bond donors (Lipinski definition) is 3. The molecule has 0 amide bonds. The van der Waals surface area contributed by atoms with Gasteiger partial charge >= 0.3 is 13.6 Å². The predicted molar refractivity (Wildman–Crippen MR) is 158 cm³/mol. The summed E-state index contributed by atoms with van der Waals surface area (Å²) in [6.07, 6.45) is -0.160. The van der Waals surface area contributed by atoms with Gasteiger partial charge in [0.05, 0.1) is 38.7 Å². The number of rotatable bonds is 12. The zero-order chi connectivity index (χ0) is 32.7. The van der Waals surface area contributed by atoms with Crippen LogP contribution in [0, 0.1) is 28.6 Å². The van der Waals surface area contributed by atoms with Crippen LogP contribution in [0.15, 0.2) is 23.8 Å². The third-order valence-electron chi connectivity index (χ3n) is 10.4. The summed E-state index contributed by atoms with van der Waals surface area (Å²) in [5.74, 6) is -3.03. The second kappa shape index (κ2) is 13.0. The van der Waals surface area contributed by atoms with Crippen molar-refractivity contribution in [2.24, 2.45) is 28.6 Å². The molecule has 0 aliphatic heterocycles. The largest absolute Gasteiger partial charge is 0.449 e. The van der Waals surface area contributed by atoms with Crippen molar-refractivity contribution >= 4 is 36.2 Å². The lowest BCUT2D eigenvalue weighted by Gasteiger charge is -2.63. The van der Waals surface area contributed by atoms with E-state index in [1.54, 1.807) is 20.8 Å². The van der Waals surface area contributed by atoms with Gasteiger partial charge in [-0.25, -0.2) is 8.78 Å². The highest BCUT2D eigenvalue weighted by molar-refractivity contribution is 8.13. The number of halogens is 2. The van der Waals surface area contributed by atoms with Crippen molar-refractivity contribution in [2.75, 3.05) is 38.3 Å². The standard InChI is InChI=1S/C30H43F2O10PS/c1-5-25(35)42-30(26(36)44-13-11-41-9-8-40-10-12-43(37,38)39)18(2)14-20-21-16-23(31)22-15-19(33)6-7-27(22,3)29(21,32)24(34)17-28(20,30)4/h6-7,15,18,20-21,23-24,34H,5,8-14,16-17H2,1-4H3,(H2,37,38,39)/t18-,20+,21+,23+,24+,27+,28+,29+,30+/m1/s1. The van der Waals surface area contributed by atoms with Crippen LogP contribution in [0.4, 0.5) is 8.78 Å². The highest BCUT2D eigenvalue weighted by Crippen LogP contribution is 2.72. The first-order valence-electron chi connectivity index (χ1n) is 15.0. The van der Waals surface area contributed by atoms with Crippen LogP contribution in [-0.4, -0.2) is 93.6 Å². The Kier molecular flexibility index (Phi) is 10.4. The number of carbonyl (C=O) groups excluding carboxylic acids is 3. The Morgan fingerprint density at radius 1 is 1.11 bits per heavy atom. The molecule has 4 rings (SSSR count). The number of thioether (sulfide) groups is 1. The topological polar surface area (TPSA) is 157 Å². The molecule has 14 heteroatoms. The lowest BCUT2D eigenvalue weighted by atomic mass is 9.44. The summed E-state index contributed by atoms with van der Waals surface area (Å²) in [7, 11) is -4.14. The van der Waals surface area contributed by atoms with Gasteiger partial charge in [0.2, 0.25) is 5.12 Å². The van der Waals surface area contributed by atoms with Crippen LogP contribution in [-0.2, 0) is 33.2 Å². The van der Waals surface area contributed by atoms with Gasteiger partial charge in [0, 0.05) is 34.8 Å². The van der Waals surface area contributed by atoms with Gasteiger partial charge in [-0.05, 0) is 49.8 Å². The first-order chi connectivity index (χ1) is 20.5. The number of esters is 1. The van der Waals surface area contributed by atoms with E-state index in [1.807, 2.05) is 0 Å². The fourth-order valence-electron chi connectivity index (χ4n) is 8.28. The Labute approximate surface area is 260 Å². The number of ketones is 1. The highest BCUT2D eigenvalue weighted by Gasteiger charge is 2.78. The van der Waals surface area contributed by atoms with Crippen LogP contribution in [0.2, 0.25) is 0 Å². The SMILES string of the molecule is CCC(=O)O[C@]1(C(=O)SCCOCCOCCP(=O)(O)O)[C@H](C)C[C@H]2[C@@H]3C[C@H](F)C4=CC(=O)C=C[C@]4(C)[C@@]3(F)[C@@H](O)C[C@@]21C. The lowest BCUT2D eigenvalue weighted by molar-refractivity contribution is -0.228. The maximum Gasteiger partial charge on any atom is 0.327 e. The minimum atomic E-state index is -4.14. The van der Waals surface area contributed by atoms with Gasteiger partial charge in [-0.15, -0.1) is 0 Å². The van der Waals surface area contributed by atoms with Crippen molar-refractivity contribution < 1.29 is 56.8 Å². The van der Waals surface area contributed by atoms with Crippen LogP contribution in [0.5, 0.6) is 0 Å². The van der Waals surface area contributed by atoms with E-state index >= 15 is 8.78 Å². The quantitative estimate of drug-likeness (QED) is 0.159. The minimum Gasteiger partial charge on any atom is -0.449 e. The number of ether oxygens (including phenoxy) is 3. The number of allylic oxidation sites excluding steroid dienone is 4. The Morgan fingerprint density at radius 3 is 2.41 bits per heavy atom. The summed E-state index contributed by atoms with van der Waals surface area (Å²) >= 11 is 0.910. The monoisotopic (exact) mass is 664 g/mol. The van der Waals surface area contributed by atoms with E-state index in [0.29, 0.717) is 0 Å². The molecule has 0 aromatic rings. The van der Waals surface area contributed by atoms with Crippen LogP contribution in [0.1, 0.15) is 53.4 Å². The fraction of sp³-hybridized carbons (Fsp3) is 0.767. The molecule has 3 saturated carbocycles. The summed E-state index contributed by atoms with van der Waals surface area (Å²) in [6, 6.07) is 0. The second-order valence-corrected chi connectivity index (χ2v) is 15.7. The van der Waals surface area contributed by atoms with Crippen molar-refractivity contribution in [3.8, 4) is 0 Å². The van der Waals surface area contributed by atoms with Gasteiger partial charge in [-0.2, -0.15) is 0 Å². The molecule has 0 spiro atoms. The summed E-state index contributed by atoms with van der Waals surface area (Å²) in [6.45, 7) is 6.87. The summed E-state index contributed by atoms with van der Waals surface area (Å²) < 4.78 is 60.8. The molecular formula is C30H43F2O10PS. The molecule has 0 bridgehead atoms. The summed E-state index contributed by atoms with van der Waals surface area (Å²) in [5.41, 5.74) is -6.77. The molecule has 0 radical (unpaired) electrons. The molecule has 10 nitrogen and oxygen atoms in total. The van der Waals surface area contributed by atoms with Gasteiger partial charge in [-0.1, -0.05) is 38.6 Å². The highest BCUT2D eigenvalue weighted by atomic mass is 32.2. The zero-order valence-electron chi connectivity index (χ0n) is 25.5. The Morgan fingerprint density at radius 2 is 1.77 bits per heavy atom. The van der Waals surface area contributed by atoms with Crippen molar-refractivity contribution in [3.63, 3.8) is 0 Å². The van der Waals surface area contributed by atoms with E-state index in [2.05, 4.69) is 0 Å². The molecule has 0 aromatic carbocycles. The molecule has 4 aliphatic carbocycles. The number of hydrogen-bond acceptors (Lipinski definition) is 9. The van der Waals surface area contributed by atoms with Gasteiger partial charge in [-0.3, -0.25) is 18.9 Å². The van der Waals surface area contributed by atoms with Crippen molar-refractivity contribution in [1.29, 1.82) is 0 Å². The maximum atomic E-state index is 17.5. The van der Waals surface area contributed by atoms with Crippen molar-refractivity contribution in [2.45, 2.75) is 76.9 Å². The summed E-state index contributed by atoms with van der Waals surface area (Å²) in [4.78, 5) is 56.8. The van der Waals surface area contributed by atoms with Crippen molar-refractivity contribution in [1.82, 2.24) is 0 Å². The molecule has 0 saturated heterocycles. The number of alkyl halides is 2. The molecule has 3 N–H and O–H groups in total. The molecule has 4 aliphatic rings. The van der Waals surface area contributed by atoms with Gasteiger partial charge < -0.3 is 29.1 Å². The lowest BCUT2D eigenvalue weighted by Crippen LogP contribution is -2.70. The number of aliphatic hydroxyl groups is 1. The van der Waals surface area contributed by atoms with E-state index in [0.717, 1.165) is 17.8 Å². The Balaban J connectivity index is 1.54. The molecule has 248 valence electrons. The van der Waals surface area contributed by atoms with E-state index in [4.69, 9.17) is 24.0 Å². The normalized spacial score (nSPS) is 39.7. The Hall–Kier alpha value is -1.47. The second-order valence-electron chi connectivity index (χ2n) is 12.8. The van der Waals surface area contributed by atoms with Crippen molar-refractivity contribution in [3.05, 3.63) is 23.8 Å². The average Bonchev–Trinajstić information content (AvgIpc) is 3.16. The molecule has 0 heterocycles. The van der Waals surface area contributed by atoms with Gasteiger partial charge in [0.1, 0.15) is 6.17 Å². The molecule has 3 fully saturated rings. The van der Waals surface area contributed by atoms with Crippen LogP contribution in [0.25, 0.3) is 0 Å². The zero-order valence-corrected chi connectivity index (χ0v) is 27.2. The van der Waals surface area contributed by atoms with Gasteiger partial charge in [0.15, 0.2) is 17.1 Å². The minimum absolute atomic E-state index is 0.00503. The number of aliphatic hydroxyl groups excluding tert-OH is 1. The number of carbonyl (C=O) groups is 3. The van der Waals surface area contributed by atoms with Crippen LogP contribution < -0.4 is 0 Å². The van der Waals surface area contributed by atoms with E-state index < -0.39 is 82.8 Å². The summed E-state index contributed by atoms with van der Waals surface area (Å²) in [5, 5.41) is 11.2. The van der Waals surface area contributed by atoms with Crippen LogP contribution >= 0.6 is 19.4 Å². The fourth-order valence-corrected chi connectivity index (χ4v) is 9.72. The molecule has 9 atom stereocenters. The van der Waals surface area contributed by atoms with E-state index in [1.165, 1.54) is 19.1 Å². The molecule has 44 heavy (non-hydrogen) atoms. The first-order valence-corrected chi connectivity index (χ1v) is 17.8. The molecule has 0 aromatic heterocycles. The molecular weight excluding hydrogens is 621 g/mol. The van der Waals surface area contributed by atoms with Crippen LogP contribution in [0.3, 0.4) is 0 Å². The first kappa shape index (κ1) is 35.4. The third kappa shape index (κ3) is 5.91. The molecule has 0 unspecified atom stereocenters. The van der Waals surface area contributed by atoms with E-state index in [9.17, 15) is 24.1 Å². The smallest absolute Gasteiger partial charge is 0.327 e. The predicted octanol–water partition coefficient (Wildman–Crippen LogP) is 3.71. The van der Waals surface area contributed by atoms with E-state index in [-0.39, 0.29) is 63.4 Å². The maximum absolute atomic E-state index is 17.5.